The monoisotopic (exact) mass is 262 g/mol. The van der Waals surface area contributed by atoms with Gasteiger partial charge in [0, 0.05) is 36.2 Å². The highest BCUT2D eigenvalue weighted by molar-refractivity contribution is 7.09. The van der Waals surface area contributed by atoms with Gasteiger partial charge in [0.05, 0.1) is 12.1 Å². The van der Waals surface area contributed by atoms with Gasteiger partial charge < -0.3 is 10.6 Å². The van der Waals surface area contributed by atoms with E-state index in [-0.39, 0.29) is 5.91 Å². The van der Waals surface area contributed by atoms with Crippen LogP contribution >= 0.6 is 11.3 Å². The van der Waals surface area contributed by atoms with E-state index < -0.39 is 0 Å². The van der Waals surface area contributed by atoms with Gasteiger partial charge >= 0.3 is 0 Å². The molecule has 0 aliphatic carbocycles. The maximum atomic E-state index is 12.0. The van der Waals surface area contributed by atoms with Gasteiger partial charge in [0.15, 0.2) is 0 Å². The number of hydrogen-bond donors (Lipinski definition) is 2. The lowest BCUT2D eigenvalue weighted by molar-refractivity contribution is 0.0951. The average molecular weight is 262 g/mol. The molecule has 0 bridgehead atoms. The third-order valence-corrected chi connectivity index (χ3v) is 3.37. The number of pyridine rings is 1. The van der Waals surface area contributed by atoms with E-state index in [0.717, 1.165) is 16.4 Å². The number of aryl methyl sites for hydroxylation is 1. The largest absolute Gasteiger partial charge is 0.387 e. The van der Waals surface area contributed by atoms with Gasteiger partial charge in [0.1, 0.15) is 5.01 Å². The summed E-state index contributed by atoms with van der Waals surface area (Å²) in [4.78, 5) is 20.2. The molecule has 2 N–H and O–H groups in total. The highest BCUT2D eigenvalue weighted by atomic mass is 32.1. The van der Waals surface area contributed by atoms with Crippen molar-refractivity contribution in [1.82, 2.24) is 15.3 Å². The first-order valence-electron chi connectivity index (χ1n) is 5.51. The molecule has 2 rings (SSSR count). The van der Waals surface area contributed by atoms with Crippen molar-refractivity contribution < 1.29 is 4.79 Å². The number of carbonyl (C=O) groups excluding carboxylic acids is 1. The summed E-state index contributed by atoms with van der Waals surface area (Å²) in [5.41, 5.74) is 2.27. The Kier molecular flexibility index (Phi) is 3.88. The van der Waals surface area contributed by atoms with Gasteiger partial charge in [-0.05, 0) is 13.0 Å². The quantitative estimate of drug-likeness (QED) is 0.882. The van der Waals surface area contributed by atoms with Crippen LogP contribution in [0.15, 0.2) is 23.8 Å². The molecule has 2 aromatic rings. The molecule has 0 aliphatic heterocycles. The molecular formula is C12H14N4OS. The summed E-state index contributed by atoms with van der Waals surface area (Å²) >= 11 is 1.54. The number of hydrogen-bond acceptors (Lipinski definition) is 5. The van der Waals surface area contributed by atoms with Crippen molar-refractivity contribution >= 4 is 22.9 Å². The third kappa shape index (κ3) is 2.84. The fourth-order valence-electron chi connectivity index (χ4n) is 1.53. The van der Waals surface area contributed by atoms with Gasteiger partial charge in [0.25, 0.3) is 5.91 Å². The van der Waals surface area contributed by atoms with Crippen LogP contribution in [-0.4, -0.2) is 22.9 Å². The van der Waals surface area contributed by atoms with E-state index in [1.54, 1.807) is 25.5 Å². The van der Waals surface area contributed by atoms with Crippen LogP contribution in [0.4, 0.5) is 5.69 Å². The molecule has 0 atom stereocenters. The van der Waals surface area contributed by atoms with E-state index in [2.05, 4.69) is 20.6 Å². The van der Waals surface area contributed by atoms with E-state index in [0.29, 0.717) is 12.1 Å². The van der Waals surface area contributed by atoms with Crippen molar-refractivity contribution in [1.29, 1.82) is 0 Å². The third-order valence-electron chi connectivity index (χ3n) is 2.40. The van der Waals surface area contributed by atoms with Crippen molar-refractivity contribution in [2.45, 2.75) is 13.5 Å². The Hall–Kier alpha value is -1.95. The minimum absolute atomic E-state index is 0.152. The van der Waals surface area contributed by atoms with Crippen LogP contribution in [0.3, 0.4) is 0 Å². The van der Waals surface area contributed by atoms with Crippen molar-refractivity contribution in [3.05, 3.63) is 40.1 Å². The summed E-state index contributed by atoms with van der Waals surface area (Å²) in [6.45, 7) is 2.37. The minimum atomic E-state index is -0.152. The molecule has 18 heavy (non-hydrogen) atoms. The lowest BCUT2D eigenvalue weighted by Gasteiger charge is -2.07. The molecule has 2 heterocycles. The van der Waals surface area contributed by atoms with E-state index in [9.17, 15) is 4.79 Å². The van der Waals surface area contributed by atoms with Gasteiger partial charge in [0.2, 0.25) is 0 Å². The van der Waals surface area contributed by atoms with Gasteiger partial charge in [-0.15, -0.1) is 11.3 Å². The van der Waals surface area contributed by atoms with Crippen LogP contribution in [0.25, 0.3) is 0 Å². The van der Waals surface area contributed by atoms with Crippen LogP contribution in [0.1, 0.15) is 21.1 Å². The molecule has 94 valence electrons. The molecule has 0 saturated carbocycles. The second kappa shape index (κ2) is 5.59. The van der Waals surface area contributed by atoms with E-state index in [4.69, 9.17) is 0 Å². The normalized spacial score (nSPS) is 10.1. The summed E-state index contributed by atoms with van der Waals surface area (Å²) in [7, 11) is 1.77. The molecule has 0 saturated heterocycles. The van der Waals surface area contributed by atoms with Crippen LogP contribution in [0, 0.1) is 6.92 Å². The molecule has 5 nitrogen and oxygen atoms in total. The predicted octanol–water partition coefficient (Wildman–Crippen LogP) is 1.82. The summed E-state index contributed by atoms with van der Waals surface area (Å²) in [5.74, 6) is -0.152. The van der Waals surface area contributed by atoms with E-state index in [1.165, 1.54) is 11.3 Å². The lowest BCUT2D eigenvalue weighted by Crippen LogP contribution is -2.23. The SMILES string of the molecule is CNc1ccncc1C(=O)NCc1nc(C)cs1. The molecular weight excluding hydrogens is 248 g/mol. The van der Waals surface area contributed by atoms with Crippen LogP contribution < -0.4 is 10.6 Å². The molecule has 0 aliphatic rings. The van der Waals surface area contributed by atoms with Crippen LogP contribution in [0.5, 0.6) is 0 Å². The number of thiazole rings is 1. The maximum absolute atomic E-state index is 12.0. The summed E-state index contributed by atoms with van der Waals surface area (Å²) in [5, 5.41) is 8.66. The smallest absolute Gasteiger partial charge is 0.255 e. The Labute approximate surface area is 109 Å². The molecule has 0 fully saturated rings. The Morgan fingerprint density at radius 2 is 2.33 bits per heavy atom. The minimum Gasteiger partial charge on any atom is -0.387 e. The number of carbonyl (C=O) groups is 1. The number of anilines is 1. The first-order chi connectivity index (χ1) is 8.70. The van der Waals surface area contributed by atoms with E-state index >= 15 is 0 Å². The van der Waals surface area contributed by atoms with Crippen molar-refractivity contribution in [2.24, 2.45) is 0 Å². The molecule has 6 heteroatoms. The van der Waals surface area contributed by atoms with Crippen molar-refractivity contribution in [3.63, 3.8) is 0 Å². The molecule has 1 amide bonds. The van der Waals surface area contributed by atoms with Gasteiger partial charge in [-0.25, -0.2) is 4.98 Å². The Morgan fingerprint density at radius 3 is 3.00 bits per heavy atom. The number of rotatable bonds is 4. The molecule has 0 radical (unpaired) electrons. The Balaban J connectivity index is 2.03. The second-order valence-electron chi connectivity index (χ2n) is 3.74. The number of aromatic nitrogens is 2. The van der Waals surface area contributed by atoms with Crippen LogP contribution in [0.2, 0.25) is 0 Å². The summed E-state index contributed by atoms with van der Waals surface area (Å²) < 4.78 is 0. The predicted molar refractivity (Wildman–Crippen MR) is 71.8 cm³/mol. The van der Waals surface area contributed by atoms with E-state index in [1.807, 2.05) is 12.3 Å². The van der Waals surface area contributed by atoms with Gasteiger partial charge in [-0.1, -0.05) is 0 Å². The standard InChI is InChI=1S/C12H14N4OS/c1-8-7-18-11(16-8)6-15-12(17)9-5-14-4-3-10(9)13-2/h3-5,7H,6H2,1-2H3,(H,13,14)(H,15,17). The fraction of sp³-hybridized carbons (Fsp3) is 0.250. The van der Waals surface area contributed by atoms with Gasteiger partial charge in [-0.3, -0.25) is 9.78 Å². The molecule has 2 aromatic heterocycles. The Morgan fingerprint density at radius 1 is 1.50 bits per heavy atom. The summed E-state index contributed by atoms with van der Waals surface area (Å²) in [6, 6.07) is 1.77. The number of nitrogens with zero attached hydrogens (tertiary/aromatic N) is 2. The van der Waals surface area contributed by atoms with Crippen molar-refractivity contribution in [3.8, 4) is 0 Å². The zero-order chi connectivity index (χ0) is 13.0. The summed E-state index contributed by atoms with van der Waals surface area (Å²) in [6.07, 6.45) is 3.20. The number of amides is 1. The van der Waals surface area contributed by atoms with Crippen molar-refractivity contribution in [2.75, 3.05) is 12.4 Å². The molecule has 0 aromatic carbocycles. The average Bonchev–Trinajstić information content (AvgIpc) is 2.81. The zero-order valence-electron chi connectivity index (χ0n) is 10.2. The topological polar surface area (TPSA) is 66.9 Å². The first-order valence-corrected chi connectivity index (χ1v) is 6.39. The Bertz CT molecular complexity index is 553. The highest BCUT2D eigenvalue weighted by Crippen LogP contribution is 2.13. The fourth-order valence-corrected chi connectivity index (χ4v) is 2.24. The molecule has 0 spiro atoms. The lowest BCUT2D eigenvalue weighted by atomic mass is 10.2. The first kappa shape index (κ1) is 12.5. The second-order valence-corrected chi connectivity index (χ2v) is 4.68. The van der Waals surface area contributed by atoms with Gasteiger partial charge in [-0.2, -0.15) is 0 Å². The van der Waals surface area contributed by atoms with Crippen LogP contribution in [-0.2, 0) is 6.54 Å². The number of nitrogens with one attached hydrogen (secondary N) is 2. The maximum Gasteiger partial charge on any atom is 0.255 e. The zero-order valence-corrected chi connectivity index (χ0v) is 11.0. The molecule has 0 unspecified atom stereocenters. The highest BCUT2D eigenvalue weighted by Gasteiger charge is 2.10.